The molecule has 0 radical (unpaired) electrons. The molecule has 1 aromatic heterocycles. The fraction of sp³-hybridized carbons (Fsp3) is 0.312. The van der Waals surface area contributed by atoms with Crippen molar-refractivity contribution in [1.29, 1.82) is 0 Å². The molecule has 2 nitrogen and oxygen atoms in total. The number of hydrogen-bond donors (Lipinski definition) is 1. The van der Waals surface area contributed by atoms with Gasteiger partial charge in [-0.05, 0) is 60.8 Å². The Morgan fingerprint density at radius 1 is 1.26 bits per heavy atom. The molecule has 2 rings (SSSR count). The van der Waals surface area contributed by atoms with E-state index in [1.807, 2.05) is 12.4 Å². The first kappa shape index (κ1) is 14.2. The molecule has 1 aromatic carbocycles. The molecule has 0 bridgehead atoms. The SMILES string of the molecule is CCNC(c1cc(C)cc(Br)c1)c1cnccc1C. The van der Waals surface area contributed by atoms with Gasteiger partial charge in [-0.2, -0.15) is 0 Å². The van der Waals surface area contributed by atoms with Crippen LogP contribution in [0.15, 0.2) is 41.1 Å². The minimum absolute atomic E-state index is 0.190. The number of aromatic nitrogens is 1. The minimum Gasteiger partial charge on any atom is -0.306 e. The summed E-state index contributed by atoms with van der Waals surface area (Å²) < 4.78 is 1.12. The molecule has 1 N–H and O–H groups in total. The predicted octanol–water partition coefficient (Wildman–Crippen LogP) is 4.16. The highest BCUT2D eigenvalue weighted by molar-refractivity contribution is 9.10. The average Bonchev–Trinajstić information content (AvgIpc) is 2.36. The number of nitrogens with zero attached hydrogens (tertiary/aromatic N) is 1. The summed E-state index contributed by atoms with van der Waals surface area (Å²) in [5, 5.41) is 3.55. The van der Waals surface area contributed by atoms with E-state index in [9.17, 15) is 0 Å². The average molecular weight is 319 g/mol. The van der Waals surface area contributed by atoms with Crippen molar-refractivity contribution in [3.8, 4) is 0 Å². The van der Waals surface area contributed by atoms with Gasteiger partial charge in [0.15, 0.2) is 0 Å². The lowest BCUT2D eigenvalue weighted by Crippen LogP contribution is -2.23. The number of hydrogen-bond acceptors (Lipinski definition) is 2. The molecule has 0 saturated carbocycles. The van der Waals surface area contributed by atoms with Gasteiger partial charge in [0.1, 0.15) is 0 Å². The van der Waals surface area contributed by atoms with Crippen molar-refractivity contribution in [2.24, 2.45) is 0 Å². The van der Waals surface area contributed by atoms with E-state index in [-0.39, 0.29) is 6.04 Å². The van der Waals surface area contributed by atoms with E-state index in [1.165, 1.54) is 22.3 Å². The first-order valence-corrected chi connectivity index (χ1v) is 7.32. The van der Waals surface area contributed by atoms with E-state index in [0.29, 0.717) is 0 Å². The summed E-state index contributed by atoms with van der Waals surface area (Å²) in [6.45, 7) is 7.30. The number of aryl methyl sites for hydroxylation is 2. The summed E-state index contributed by atoms with van der Waals surface area (Å²) in [4.78, 5) is 4.27. The summed E-state index contributed by atoms with van der Waals surface area (Å²) in [7, 11) is 0. The molecular formula is C16H19BrN2. The first-order valence-electron chi connectivity index (χ1n) is 6.52. The van der Waals surface area contributed by atoms with Crippen molar-refractivity contribution >= 4 is 15.9 Å². The quantitative estimate of drug-likeness (QED) is 0.915. The van der Waals surface area contributed by atoms with Crippen molar-refractivity contribution in [3.05, 3.63) is 63.4 Å². The number of pyridine rings is 1. The monoisotopic (exact) mass is 318 g/mol. The smallest absolute Gasteiger partial charge is 0.0595 e. The number of benzene rings is 1. The van der Waals surface area contributed by atoms with Gasteiger partial charge >= 0.3 is 0 Å². The van der Waals surface area contributed by atoms with E-state index in [4.69, 9.17) is 0 Å². The molecule has 0 aliphatic rings. The van der Waals surface area contributed by atoms with E-state index < -0.39 is 0 Å². The van der Waals surface area contributed by atoms with Crippen molar-refractivity contribution < 1.29 is 0 Å². The Bertz CT molecular complexity index is 546. The molecule has 1 heterocycles. The molecule has 1 unspecified atom stereocenters. The van der Waals surface area contributed by atoms with Crippen molar-refractivity contribution in [3.63, 3.8) is 0 Å². The van der Waals surface area contributed by atoms with Gasteiger partial charge in [-0.1, -0.05) is 28.9 Å². The fourth-order valence-corrected chi connectivity index (χ4v) is 2.95. The Morgan fingerprint density at radius 2 is 2.05 bits per heavy atom. The summed E-state index contributed by atoms with van der Waals surface area (Å²) in [5.41, 5.74) is 5.03. The van der Waals surface area contributed by atoms with Crippen LogP contribution >= 0.6 is 15.9 Å². The largest absolute Gasteiger partial charge is 0.306 e. The zero-order chi connectivity index (χ0) is 13.8. The molecule has 0 amide bonds. The second kappa shape index (κ2) is 6.31. The molecule has 3 heteroatoms. The van der Waals surface area contributed by atoms with Gasteiger partial charge in [0.2, 0.25) is 0 Å². The Labute approximate surface area is 123 Å². The standard InChI is InChI=1S/C16H19BrN2/c1-4-19-16(15-10-18-6-5-12(15)3)13-7-11(2)8-14(17)9-13/h5-10,16,19H,4H2,1-3H3. The molecular weight excluding hydrogens is 300 g/mol. The minimum atomic E-state index is 0.190. The maximum atomic E-state index is 4.27. The van der Waals surface area contributed by atoms with E-state index in [0.717, 1.165) is 11.0 Å². The lowest BCUT2D eigenvalue weighted by molar-refractivity contribution is 0.625. The van der Waals surface area contributed by atoms with Gasteiger partial charge in [-0.3, -0.25) is 4.98 Å². The van der Waals surface area contributed by atoms with Crippen LogP contribution in [0.2, 0.25) is 0 Å². The Morgan fingerprint density at radius 3 is 2.68 bits per heavy atom. The number of nitrogens with one attached hydrogen (secondary N) is 1. The molecule has 2 aromatic rings. The lowest BCUT2D eigenvalue weighted by atomic mass is 9.95. The van der Waals surface area contributed by atoms with Crippen LogP contribution in [0, 0.1) is 13.8 Å². The van der Waals surface area contributed by atoms with Gasteiger partial charge in [0, 0.05) is 16.9 Å². The lowest BCUT2D eigenvalue weighted by Gasteiger charge is -2.21. The van der Waals surface area contributed by atoms with Crippen LogP contribution in [-0.2, 0) is 0 Å². The Balaban J connectivity index is 2.48. The van der Waals surface area contributed by atoms with Crippen LogP contribution in [0.25, 0.3) is 0 Å². The van der Waals surface area contributed by atoms with Crippen molar-refractivity contribution in [2.75, 3.05) is 6.54 Å². The first-order chi connectivity index (χ1) is 9.11. The van der Waals surface area contributed by atoms with Crippen LogP contribution < -0.4 is 5.32 Å². The molecule has 19 heavy (non-hydrogen) atoms. The summed E-state index contributed by atoms with van der Waals surface area (Å²) in [6, 6.07) is 8.78. The highest BCUT2D eigenvalue weighted by atomic mass is 79.9. The summed E-state index contributed by atoms with van der Waals surface area (Å²) in [5.74, 6) is 0. The number of halogens is 1. The maximum Gasteiger partial charge on any atom is 0.0595 e. The van der Waals surface area contributed by atoms with E-state index in [1.54, 1.807) is 0 Å². The summed E-state index contributed by atoms with van der Waals surface area (Å²) in [6.07, 6.45) is 3.80. The van der Waals surface area contributed by atoms with Crippen LogP contribution in [-0.4, -0.2) is 11.5 Å². The molecule has 100 valence electrons. The van der Waals surface area contributed by atoms with Gasteiger partial charge in [-0.25, -0.2) is 0 Å². The third-order valence-electron chi connectivity index (χ3n) is 3.20. The highest BCUT2D eigenvalue weighted by Gasteiger charge is 2.16. The van der Waals surface area contributed by atoms with Gasteiger partial charge in [0.05, 0.1) is 6.04 Å². The van der Waals surface area contributed by atoms with Gasteiger partial charge in [-0.15, -0.1) is 0 Å². The second-order valence-corrected chi connectivity index (χ2v) is 5.70. The molecule has 0 aliphatic heterocycles. The van der Waals surface area contributed by atoms with Crippen molar-refractivity contribution in [1.82, 2.24) is 10.3 Å². The zero-order valence-electron chi connectivity index (χ0n) is 11.6. The van der Waals surface area contributed by atoms with Crippen LogP contribution in [0.4, 0.5) is 0 Å². The molecule has 1 atom stereocenters. The molecule has 0 saturated heterocycles. The topological polar surface area (TPSA) is 24.9 Å². The maximum absolute atomic E-state index is 4.27. The molecule has 0 aliphatic carbocycles. The predicted molar refractivity (Wildman–Crippen MR) is 83.4 cm³/mol. The Hall–Kier alpha value is -1.19. The molecule has 0 fully saturated rings. The zero-order valence-corrected chi connectivity index (χ0v) is 13.2. The van der Waals surface area contributed by atoms with Gasteiger partial charge in [0.25, 0.3) is 0 Å². The highest BCUT2D eigenvalue weighted by Crippen LogP contribution is 2.27. The fourth-order valence-electron chi connectivity index (χ4n) is 2.32. The normalized spacial score (nSPS) is 12.4. The van der Waals surface area contributed by atoms with Gasteiger partial charge < -0.3 is 5.32 Å². The molecule has 0 spiro atoms. The van der Waals surface area contributed by atoms with E-state index in [2.05, 4.69) is 71.3 Å². The third kappa shape index (κ3) is 3.43. The number of rotatable bonds is 4. The summed E-state index contributed by atoms with van der Waals surface area (Å²) >= 11 is 3.58. The van der Waals surface area contributed by atoms with Crippen molar-refractivity contribution in [2.45, 2.75) is 26.8 Å². The van der Waals surface area contributed by atoms with Crippen LogP contribution in [0.3, 0.4) is 0 Å². The Kier molecular flexibility index (Phi) is 4.72. The second-order valence-electron chi connectivity index (χ2n) is 4.78. The van der Waals surface area contributed by atoms with Crippen LogP contribution in [0.5, 0.6) is 0 Å². The van der Waals surface area contributed by atoms with Crippen LogP contribution in [0.1, 0.15) is 35.2 Å². The third-order valence-corrected chi connectivity index (χ3v) is 3.65. The van der Waals surface area contributed by atoms with E-state index >= 15 is 0 Å².